The van der Waals surface area contributed by atoms with E-state index in [4.69, 9.17) is 9.63 Å². The van der Waals surface area contributed by atoms with Crippen molar-refractivity contribution in [1.29, 1.82) is 0 Å². The Kier molecular flexibility index (Phi) is 5.33. The van der Waals surface area contributed by atoms with Crippen LogP contribution in [0.15, 0.2) is 55.6 Å². The second kappa shape index (κ2) is 8.03. The molecule has 3 heterocycles. The SMILES string of the molecule is O=c1c2ccccc2nc(SCc2nc(-c3ccsc3)no2)n1CCCO. The molecule has 3 aromatic heterocycles. The number of aliphatic hydroxyl groups is 1. The second-order valence-electron chi connectivity index (χ2n) is 5.76. The Hall–Kier alpha value is -2.49. The summed E-state index contributed by atoms with van der Waals surface area (Å²) in [7, 11) is 0. The van der Waals surface area contributed by atoms with Gasteiger partial charge in [-0.05, 0) is 30.0 Å². The number of rotatable bonds is 7. The smallest absolute Gasteiger partial charge is 0.262 e. The van der Waals surface area contributed by atoms with E-state index in [1.165, 1.54) is 11.8 Å². The number of hydrogen-bond donors (Lipinski definition) is 1. The summed E-state index contributed by atoms with van der Waals surface area (Å²) < 4.78 is 6.91. The van der Waals surface area contributed by atoms with Gasteiger partial charge in [0, 0.05) is 24.1 Å². The lowest BCUT2D eigenvalue weighted by Crippen LogP contribution is -2.24. The van der Waals surface area contributed by atoms with Crippen LogP contribution >= 0.6 is 23.1 Å². The van der Waals surface area contributed by atoms with Gasteiger partial charge < -0.3 is 9.63 Å². The first-order valence-corrected chi connectivity index (χ1v) is 10.3. The maximum atomic E-state index is 12.8. The Bertz CT molecular complexity index is 1110. The fourth-order valence-corrected chi connectivity index (χ4v) is 4.13. The minimum atomic E-state index is -0.110. The number of para-hydroxylation sites is 1. The number of fused-ring (bicyclic) bond motifs is 1. The van der Waals surface area contributed by atoms with E-state index in [1.807, 2.05) is 35.0 Å². The van der Waals surface area contributed by atoms with Gasteiger partial charge in [-0.2, -0.15) is 16.3 Å². The molecule has 4 rings (SSSR count). The molecule has 27 heavy (non-hydrogen) atoms. The number of aliphatic hydroxyl groups excluding tert-OH is 1. The summed E-state index contributed by atoms with van der Waals surface area (Å²) in [5, 5.41) is 18.2. The molecule has 138 valence electrons. The lowest BCUT2D eigenvalue weighted by molar-refractivity contribution is 0.276. The predicted molar refractivity (Wildman–Crippen MR) is 105 cm³/mol. The quantitative estimate of drug-likeness (QED) is 0.376. The zero-order chi connectivity index (χ0) is 18.6. The molecule has 0 aliphatic heterocycles. The molecule has 0 saturated carbocycles. The number of thioether (sulfide) groups is 1. The highest BCUT2D eigenvalue weighted by atomic mass is 32.2. The Labute approximate surface area is 162 Å². The van der Waals surface area contributed by atoms with Crippen molar-refractivity contribution >= 4 is 34.0 Å². The number of aromatic nitrogens is 4. The van der Waals surface area contributed by atoms with Crippen LogP contribution < -0.4 is 5.56 Å². The summed E-state index contributed by atoms with van der Waals surface area (Å²) in [5.74, 6) is 1.43. The monoisotopic (exact) mass is 400 g/mol. The largest absolute Gasteiger partial charge is 0.396 e. The zero-order valence-electron chi connectivity index (χ0n) is 14.2. The average molecular weight is 400 g/mol. The molecule has 0 saturated heterocycles. The lowest BCUT2D eigenvalue weighted by atomic mass is 10.2. The minimum absolute atomic E-state index is 0.0109. The molecule has 0 radical (unpaired) electrons. The molecule has 0 atom stereocenters. The van der Waals surface area contributed by atoms with E-state index in [2.05, 4.69) is 15.1 Å². The molecule has 1 aromatic carbocycles. The molecular weight excluding hydrogens is 384 g/mol. The summed E-state index contributed by atoms with van der Waals surface area (Å²) in [6.07, 6.45) is 0.482. The highest BCUT2D eigenvalue weighted by Gasteiger charge is 2.14. The standard InChI is InChI=1S/C18H16N4O3S2/c23-8-3-7-22-17(24)13-4-1-2-5-14(13)19-18(22)27-11-15-20-16(21-25-15)12-6-9-26-10-12/h1-2,4-6,9-10,23H,3,7-8,11H2. The summed E-state index contributed by atoms with van der Waals surface area (Å²) >= 11 is 2.94. The summed E-state index contributed by atoms with van der Waals surface area (Å²) in [6, 6.07) is 9.19. The summed E-state index contributed by atoms with van der Waals surface area (Å²) in [4.78, 5) is 21.8. The zero-order valence-corrected chi connectivity index (χ0v) is 15.9. The average Bonchev–Trinajstić information content (AvgIpc) is 3.37. The highest BCUT2D eigenvalue weighted by Crippen LogP contribution is 2.24. The van der Waals surface area contributed by atoms with Gasteiger partial charge in [-0.25, -0.2) is 4.98 Å². The Balaban J connectivity index is 1.61. The molecule has 1 N–H and O–H groups in total. The third-order valence-corrected chi connectivity index (χ3v) is 5.58. The number of thiophene rings is 1. The fraction of sp³-hybridized carbons (Fsp3) is 0.222. The molecule has 7 nitrogen and oxygen atoms in total. The van der Waals surface area contributed by atoms with Gasteiger partial charge in [-0.3, -0.25) is 9.36 Å². The maximum Gasteiger partial charge on any atom is 0.262 e. The third-order valence-electron chi connectivity index (χ3n) is 3.94. The van der Waals surface area contributed by atoms with E-state index in [1.54, 1.807) is 22.0 Å². The molecule has 0 aliphatic carbocycles. The van der Waals surface area contributed by atoms with Gasteiger partial charge in [0.1, 0.15) is 0 Å². The van der Waals surface area contributed by atoms with Gasteiger partial charge in [-0.15, -0.1) is 0 Å². The van der Waals surface area contributed by atoms with Gasteiger partial charge in [-0.1, -0.05) is 29.1 Å². The van der Waals surface area contributed by atoms with Crippen LogP contribution in [0.2, 0.25) is 0 Å². The van der Waals surface area contributed by atoms with Gasteiger partial charge in [0.2, 0.25) is 11.7 Å². The van der Waals surface area contributed by atoms with Gasteiger partial charge >= 0.3 is 0 Å². The van der Waals surface area contributed by atoms with Crippen LogP contribution in [0.3, 0.4) is 0 Å². The first kappa shape index (κ1) is 17.9. The van der Waals surface area contributed by atoms with Crippen molar-refractivity contribution in [3.8, 4) is 11.4 Å². The van der Waals surface area contributed by atoms with E-state index in [0.717, 1.165) is 5.56 Å². The number of hydrogen-bond acceptors (Lipinski definition) is 8. The van der Waals surface area contributed by atoms with Crippen molar-refractivity contribution in [3.05, 3.63) is 57.3 Å². The van der Waals surface area contributed by atoms with Crippen LogP contribution in [-0.4, -0.2) is 31.4 Å². The molecule has 9 heteroatoms. The van der Waals surface area contributed by atoms with Crippen molar-refractivity contribution in [3.63, 3.8) is 0 Å². The van der Waals surface area contributed by atoms with Crippen molar-refractivity contribution in [2.75, 3.05) is 6.61 Å². The fourth-order valence-electron chi connectivity index (χ4n) is 2.63. The van der Waals surface area contributed by atoms with Gasteiger partial charge in [0.15, 0.2) is 5.16 Å². The van der Waals surface area contributed by atoms with E-state index >= 15 is 0 Å². The van der Waals surface area contributed by atoms with Crippen molar-refractivity contribution in [2.24, 2.45) is 0 Å². The first-order valence-electron chi connectivity index (χ1n) is 8.34. The first-order chi connectivity index (χ1) is 13.3. The lowest BCUT2D eigenvalue weighted by Gasteiger charge is -2.11. The van der Waals surface area contributed by atoms with E-state index in [0.29, 0.717) is 46.5 Å². The van der Waals surface area contributed by atoms with Crippen LogP contribution in [0.4, 0.5) is 0 Å². The van der Waals surface area contributed by atoms with Crippen LogP contribution in [0.5, 0.6) is 0 Å². The molecule has 4 aromatic rings. The van der Waals surface area contributed by atoms with Crippen LogP contribution in [0.1, 0.15) is 12.3 Å². The molecular formula is C18H16N4O3S2. The molecule has 0 bridgehead atoms. The maximum absolute atomic E-state index is 12.8. The minimum Gasteiger partial charge on any atom is -0.396 e. The summed E-state index contributed by atoms with van der Waals surface area (Å²) in [6.45, 7) is 0.413. The predicted octanol–water partition coefficient (Wildman–Crippen LogP) is 3.18. The molecule has 0 spiro atoms. The van der Waals surface area contributed by atoms with Crippen LogP contribution in [-0.2, 0) is 12.3 Å². The van der Waals surface area contributed by atoms with Crippen LogP contribution in [0, 0.1) is 0 Å². The van der Waals surface area contributed by atoms with Gasteiger partial charge in [0.25, 0.3) is 5.56 Å². The Morgan fingerprint density at radius 2 is 2.11 bits per heavy atom. The summed E-state index contributed by atoms with van der Waals surface area (Å²) in [5.41, 5.74) is 1.46. The third kappa shape index (κ3) is 3.80. The molecule has 0 aliphatic rings. The van der Waals surface area contributed by atoms with Crippen LogP contribution in [0.25, 0.3) is 22.3 Å². The number of benzene rings is 1. The number of nitrogens with zero attached hydrogens (tertiary/aromatic N) is 4. The second-order valence-corrected chi connectivity index (χ2v) is 7.48. The Morgan fingerprint density at radius 3 is 2.93 bits per heavy atom. The Morgan fingerprint density at radius 1 is 1.22 bits per heavy atom. The molecule has 0 amide bonds. The normalized spacial score (nSPS) is 11.3. The highest BCUT2D eigenvalue weighted by molar-refractivity contribution is 7.98. The van der Waals surface area contributed by atoms with E-state index < -0.39 is 0 Å². The van der Waals surface area contributed by atoms with Gasteiger partial charge in [0.05, 0.1) is 16.7 Å². The van der Waals surface area contributed by atoms with Crippen molar-refractivity contribution in [1.82, 2.24) is 19.7 Å². The molecule has 0 fully saturated rings. The van der Waals surface area contributed by atoms with E-state index in [-0.39, 0.29) is 12.2 Å². The topological polar surface area (TPSA) is 94.0 Å². The van der Waals surface area contributed by atoms with E-state index in [9.17, 15) is 4.79 Å². The molecule has 0 unspecified atom stereocenters. The van der Waals surface area contributed by atoms with Crippen molar-refractivity contribution < 1.29 is 9.63 Å². The van der Waals surface area contributed by atoms with Crippen molar-refractivity contribution in [2.45, 2.75) is 23.9 Å².